The Bertz CT molecular complexity index is 3170. The molecule has 4 aromatic heterocycles. The van der Waals surface area contributed by atoms with Gasteiger partial charge in [0.2, 0.25) is 23.3 Å². The van der Waals surface area contributed by atoms with E-state index in [0.717, 1.165) is 89.8 Å². The highest BCUT2D eigenvalue weighted by Gasteiger charge is 2.45. The minimum absolute atomic E-state index is 0.298. The van der Waals surface area contributed by atoms with Crippen molar-refractivity contribution in [3.8, 4) is 0 Å². The molecule has 0 amide bonds. The van der Waals surface area contributed by atoms with Gasteiger partial charge < -0.3 is 95.7 Å². The number of methoxy groups -OCH3 is 8. The number of nitrogens with one attached hydrogen (secondary N) is 4. The molecule has 5 aliphatic heterocycles. The molecule has 0 spiro atoms. The second-order valence-corrected chi connectivity index (χ2v) is 24.4. The average Bonchev–Trinajstić information content (AvgIpc) is 1.57. The van der Waals surface area contributed by atoms with E-state index in [1.807, 2.05) is 24.8 Å². The molecule has 0 saturated heterocycles. The van der Waals surface area contributed by atoms with Crippen LogP contribution in [0.2, 0.25) is 0 Å². The zero-order valence-corrected chi connectivity index (χ0v) is 60.0. The summed E-state index contributed by atoms with van der Waals surface area (Å²) in [5.41, 5.74) is 6.46. The van der Waals surface area contributed by atoms with Gasteiger partial charge in [0.1, 0.15) is 99.5 Å². The van der Waals surface area contributed by atoms with Crippen molar-refractivity contribution >= 4 is 45.6 Å². The van der Waals surface area contributed by atoms with E-state index in [-0.39, 0.29) is 0 Å². The fourth-order valence-corrected chi connectivity index (χ4v) is 12.8. The van der Waals surface area contributed by atoms with Gasteiger partial charge in [-0.15, -0.1) is 0 Å². The van der Waals surface area contributed by atoms with Crippen molar-refractivity contribution < 1.29 is 93.7 Å². The van der Waals surface area contributed by atoms with Crippen molar-refractivity contribution in [2.24, 2.45) is 20.0 Å². The first kappa shape index (κ1) is 77.6. The van der Waals surface area contributed by atoms with Gasteiger partial charge in [-0.1, -0.05) is 0 Å². The van der Waals surface area contributed by atoms with Crippen LogP contribution in [0.5, 0.6) is 0 Å². The zero-order valence-electron chi connectivity index (χ0n) is 60.0. The third-order valence-corrected chi connectivity index (χ3v) is 18.2. The number of amidine groups is 4. The van der Waals surface area contributed by atoms with Gasteiger partial charge in [0.25, 0.3) is 0 Å². The highest BCUT2D eigenvalue weighted by atomic mass is 16.5. The largest absolute Gasteiger partial charge is 0.382 e. The Kier molecular flexibility index (Phi) is 31.7. The molecule has 0 aromatic carbocycles. The maximum absolute atomic E-state index is 6.30. The number of fused-ring (bicyclic) bond motifs is 8. The quantitative estimate of drug-likeness (QED) is 0.0365. The predicted octanol–water partition coefficient (Wildman–Crippen LogP) is 2.21. The molecule has 4 aromatic rings. The summed E-state index contributed by atoms with van der Waals surface area (Å²) in [5, 5.41) is 3.16. The summed E-state index contributed by atoms with van der Waals surface area (Å²) >= 11 is 0. The first-order chi connectivity index (χ1) is 49.2. The van der Waals surface area contributed by atoms with Gasteiger partial charge in [0.15, 0.2) is 0 Å². The van der Waals surface area contributed by atoms with Crippen LogP contribution in [-0.2, 0) is 75.8 Å². The molecule has 0 fully saturated rings. The third-order valence-electron chi connectivity index (χ3n) is 18.2. The lowest BCUT2D eigenvalue weighted by atomic mass is 10.1. The lowest BCUT2D eigenvalue weighted by Crippen LogP contribution is -2.52. The maximum atomic E-state index is 6.30. The molecule has 4 N–H and O–H groups in total. The van der Waals surface area contributed by atoms with Crippen molar-refractivity contribution in [1.29, 1.82) is 0 Å². The number of aromatic amines is 4. The molecule has 0 atom stereocenters. The highest BCUT2D eigenvalue weighted by Crippen LogP contribution is 2.33. The fourth-order valence-electron chi connectivity index (χ4n) is 12.8. The van der Waals surface area contributed by atoms with Gasteiger partial charge in [-0.3, -0.25) is 0 Å². The minimum atomic E-state index is 0.298. The number of ether oxygens (including phenoxy) is 16. The molecule has 28 nitrogen and oxygen atoms in total. The minimum Gasteiger partial charge on any atom is -0.382 e. The molecular formula is C72H108N12O16+4. The molecule has 8 bridgehead atoms. The van der Waals surface area contributed by atoms with Gasteiger partial charge in [0, 0.05) is 56.9 Å². The van der Waals surface area contributed by atoms with Gasteiger partial charge in [-0.25, -0.2) is 17.9 Å². The van der Waals surface area contributed by atoms with Crippen molar-refractivity contribution in [2.45, 2.75) is 0 Å². The second kappa shape index (κ2) is 40.9. The number of rotatable bonds is 52. The van der Waals surface area contributed by atoms with E-state index in [9.17, 15) is 0 Å². The van der Waals surface area contributed by atoms with E-state index >= 15 is 0 Å². The topological polar surface area (TPSA) is 260 Å². The number of quaternary nitrogens is 4. The van der Waals surface area contributed by atoms with Crippen molar-refractivity contribution in [3.05, 3.63) is 142 Å². The molecular weight excluding hydrogens is 1290 g/mol. The lowest BCUT2D eigenvalue weighted by molar-refractivity contribution is -0.786. The summed E-state index contributed by atoms with van der Waals surface area (Å²) in [7, 11) is 13.4. The molecule has 548 valence electrons. The van der Waals surface area contributed by atoms with Crippen LogP contribution in [0.1, 0.15) is 22.8 Å². The fraction of sp³-hybridized carbons (Fsp3) is 0.556. The summed E-state index contributed by atoms with van der Waals surface area (Å²) in [6.45, 7) is 14.6. The maximum Gasteiger partial charge on any atom is 0.244 e. The number of nitrogens with zero attached hydrogens (tertiary/aromatic N) is 8. The van der Waals surface area contributed by atoms with E-state index in [2.05, 4.69) is 93.3 Å². The molecule has 9 rings (SSSR count). The second-order valence-electron chi connectivity index (χ2n) is 24.4. The van der Waals surface area contributed by atoms with Crippen molar-refractivity contribution in [3.63, 3.8) is 0 Å². The van der Waals surface area contributed by atoms with E-state index in [1.54, 1.807) is 56.9 Å². The van der Waals surface area contributed by atoms with Crippen LogP contribution < -0.4 is 21.4 Å². The van der Waals surface area contributed by atoms with Gasteiger partial charge in [-0.05, 0) is 48.5 Å². The summed E-state index contributed by atoms with van der Waals surface area (Å²) in [6, 6.07) is 17.1. The van der Waals surface area contributed by atoms with Gasteiger partial charge in [0.05, 0.1) is 228 Å². The van der Waals surface area contributed by atoms with E-state index in [4.69, 9.17) is 95.8 Å². The van der Waals surface area contributed by atoms with Crippen LogP contribution in [0.4, 0.5) is 0 Å². The first-order valence-electron chi connectivity index (χ1n) is 34.6. The van der Waals surface area contributed by atoms with Crippen LogP contribution >= 0.6 is 0 Å². The summed E-state index contributed by atoms with van der Waals surface area (Å²) < 4.78 is 95.0. The Labute approximate surface area is 587 Å². The normalized spacial score (nSPS) is 17.0. The predicted molar refractivity (Wildman–Crippen MR) is 380 cm³/mol. The highest BCUT2D eigenvalue weighted by molar-refractivity contribution is 6.23. The van der Waals surface area contributed by atoms with E-state index in [0.29, 0.717) is 229 Å². The summed E-state index contributed by atoms with van der Waals surface area (Å²) in [6.07, 6.45) is 16.1. The summed E-state index contributed by atoms with van der Waals surface area (Å²) in [5.74, 6) is 3.11. The number of hydrogen-bond acceptors (Lipinski definition) is 20. The molecule has 100 heavy (non-hydrogen) atoms. The molecule has 0 unspecified atom stereocenters. The Hall–Kier alpha value is -6.56. The molecule has 28 heteroatoms. The van der Waals surface area contributed by atoms with Gasteiger partial charge in [-0.2, -0.15) is 20.0 Å². The summed E-state index contributed by atoms with van der Waals surface area (Å²) in [4.78, 5) is 37.7. The number of aromatic nitrogens is 4. The van der Waals surface area contributed by atoms with Crippen molar-refractivity contribution in [2.75, 3.05) is 268 Å². The van der Waals surface area contributed by atoms with E-state index < -0.39 is 0 Å². The average molecular weight is 1400 g/mol. The smallest absolute Gasteiger partial charge is 0.244 e. The number of H-pyrrole nitrogens is 4. The molecule has 5 aliphatic rings. The monoisotopic (exact) mass is 1400 g/mol. The molecule has 9 heterocycles. The van der Waals surface area contributed by atoms with Gasteiger partial charge >= 0.3 is 0 Å². The lowest BCUT2D eigenvalue weighted by Gasteiger charge is -2.33. The Morgan fingerprint density at radius 2 is 0.410 bits per heavy atom. The molecule has 0 radical (unpaired) electrons. The number of hydrogen-bond donors (Lipinski definition) is 4. The van der Waals surface area contributed by atoms with Crippen LogP contribution in [0.25, 0.3) is 22.3 Å². The Balaban J connectivity index is 1.35. The van der Waals surface area contributed by atoms with Crippen LogP contribution in [-0.4, -0.2) is 329 Å². The third kappa shape index (κ3) is 20.0. The van der Waals surface area contributed by atoms with E-state index in [1.165, 1.54) is 0 Å². The van der Waals surface area contributed by atoms with Crippen molar-refractivity contribution in [1.82, 2.24) is 19.9 Å². The zero-order chi connectivity index (χ0) is 70.1. The molecule has 0 saturated carbocycles. The standard InChI is InChI=1S/C72H108N12O16/c1-85-41-49-93-33-25-81(26-34-94-50-42-86-2)21-17-73-69(81)65-57-9-11-59(77-57)66(70-74-18-22-82(70,27-35-95-51-43-87-3)28-36-96-52-44-88-4)61-13-15-63(79-61)68(72-76-20-24-84(72,31-39-99-55-47-91-7)32-40-100-56-48-92-8)64-16-14-62(80-64)67(60-12-10-58(65)78-60)71-75-19-23-83(71,29-37-97-53-45-89-5)30-38-98-54-46-90-6/h9-24,77-80H,25-56H2,1-8H3/q+4. The van der Waals surface area contributed by atoms with Crippen LogP contribution in [0.15, 0.2) is 118 Å². The Morgan fingerprint density at radius 3 is 0.580 bits per heavy atom. The Morgan fingerprint density at radius 1 is 0.230 bits per heavy atom. The first-order valence-corrected chi connectivity index (χ1v) is 34.6. The SMILES string of the molecule is COCCOCC[N+]1(CCOCCOC)C=CN=C1C1=c2ccc([nH]2)=C(C2=NC=C[N+]2(CCOCCOC)CCOCCOC)c2ccc([nH]2)C(C2=NC=C[N+]2(CCOCCOC)CCOCCOC)=c2ccc([nH]2)=C(C2=NC=C[N+]2(CCOCCOC)CCOCCOC)c2ccc1[nH]2. The van der Waals surface area contributed by atoms with Crippen LogP contribution in [0.3, 0.4) is 0 Å². The number of aliphatic imine (C=N–C) groups is 4. The van der Waals surface area contributed by atoms with Crippen LogP contribution in [0, 0.1) is 0 Å². The molecule has 0 aliphatic carbocycles.